The van der Waals surface area contributed by atoms with E-state index in [2.05, 4.69) is 31.5 Å². The number of amides is 1. The van der Waals surface area contributed by atoms with Crippen LogP contribution >= 0.6 is 0 Å². The van der Waals surface area contributed by atoms with E-state index in [9.17, 15) is 9.18 Å². The summed E-state index contributed by atoms with van der Waals surface area (Å²) in [6, 6.07) is 5.61. The number of aliphatic hydroxyl groups excluding tert-OH is 1. The molecule has 3 unspecified atom stereocenters. The van der Waals surface area contributed by atoms with Gasteiger partial charge in [-0.3, -0.25) is 4.79 Å². The summed E-state index contributed by atoms with van der Waals surface area (Å²) in [6.07, 6.45) is 6.39. The van der Waals surface area contributed by atoms with Gasteiger partial charge in [-0.05, 0) is 31.4 Å². The Morgan fingerprint density at radius 3 is 2.80 bits per heavy atom. The Balaban J connectivity index is 0.00000124. The molecular formula is C24H28FN7O3. The van der Waals surface area contributed by atoms with Crippen molar-refractivity contribution in [2.24, 2.45) is 0 Å². The number of rotatable bonds is 5. The molecule has 0 bridgehead atoms. The Morgan fingerprint density at radius 2 is 2.11 bits per heavy atom. The molecule has 1 amide bonds. The number of ether oxygens (including phenoxy) is 1. The van der Waals surface area contributed by atoms with Crippen molar-refractivity contribution in [1.29, 1.82) is 0 Å². The maximum Gasteiger partial charge on any atom is 0.257 e. The van der Waals surface area contributed by atoms with Gasteiger partial charge in [0.15, 0.2) is 5.65 Å². The van der Waals surface area contributed by atoms with E-state index in [-0.39, 0.29) is 11.9 Å². The summed E-state index contributed by atoms with van der Waals surface area (Å²) in [5.41, 5.74) is 3.22. The van der Waals surface area contributed by atoms with E-state index in [0.717, 1.165) is 36.7 Å². The number of fused-ring (bicyclic) bond motifs is 2. The van der Waals surface area contributed by atoms with Crippen molar-refractivity contribution in [3.05, 3.63) is 42.4 Å². The van der Waals surface area contributed by atoms with Crippen LogP contribution in [0.15, 0.2) is 36.8 Å². The third-order valence-corrected chi connectivity index (χ3v) is 6.64. The number of hydrogen-bond acceptors (Lipinski definition) is 7. The topological polar surface area (TPSA) is 119 Å². The van der Waals surface area contributed by atoms with Crippen LogP contribution in [-0.2, 0) is 4.74 Å². The van der Waals surface area contributed by atoms with Crippen LogP contribution in [-0.4, -0.2) is 74.7 Å². The van der Waals surface area contributed by atoms with Crippen molar-refractivity contribution in [1.82, 2.24) is 29.5 Å². The molecule has 0 aromatic carbocycles. The summed E-state index contributed by atoms with van der Waals surface area (Å²) in [4.78, 5) is 22.3. The molecular weight excluding hydrogens is 453 g/mol. The first-order valence-electron chi connectivity index (χ1n) is 11.6. The minimum absolute atomic E-state index is 0.219. The highest BCUT2D eigenvalue weighted by Gasteiger charge is 2.33. The van der Waals surface area contributed by atoms with Gasteiger partial charge in [0, 0.05) is 50.2 Å². The minimum Gasteiger partial charge on any atom is -0.400 e. The molecule has 0 spiro atoms. The van der Waals surface area contributed by atoms with Gasteiger partial charge in [-0.2, -0.15) is 9.61 Å². The second kappa shape index (κ2) is 9.59. The lowest BCUT2D eigenvalue weighted by molar-refractivity contribution is 0.0826. The zero-order valence-corrected chi connectivity index (χ0v) is 19.6. The largest absolute Gasteiger partial charge is 0.400 e. The van der Waals surface area contributed by atoms with Crippen LogP contribution in [0, 0.1) is 0 Å². The third-order valence-electron chi connectivity index (χ3n) is 6.64. The molecule has 0 radical (unpaired) electrons. The molecule has 35 heavy (non-hydrogen) atoms. The van der Waals surface area contributed by atoms with E-state index in [1.807, 2.05) is 18.2 Å². The molecule has 1 aliphatic heterocycles. The van der Waals surface area contributed by atoms with Crippen LogP contribution in [0.2, 0.25) is 0 Å². The van der Waals surface area contributed by atoms with Gasteiger partial charge in [0.1, 0.15) is 23.2 Å². The Bertz CT molecular complexity index is 1360. The minimum atomic E-state index is -0.995. The van der Waals surface area contributed by atoms with E-state index < -0.39 is 12.2 Å². The first-order chi connectivity index (χ1) is 17.1. The lowest BCUT2D eigenvalue weighted by atomic mass is 9.90. The summed E-state index contributed by atoms with van der Waals surface area (Å²) in [5, 5.41) is 18.2. The number of pyridine rings is 1. The summed E-state index contributed by atoms with van der Waals surface area (Å²) in [6.45, 7) is 1.38. The Kier molecular flexibility index (Phi) is 6.35. The number of hydrogen-bond donors (Lipinski definition) is 3. The highest BCUT2D eigenvalue weighted by atomic mass is 19.1. The fourth-order valence-electron chi connectivity index (χ4n) is 4.61. The molecule has 1 saturated heterocycles. The molecule has 1 saturated carbocycles. The fourth-order valence-corrected chi connectivity index (χ4v) is 4.61. The number of nitrogens with one attached hydrogen (secondary N) is 2. The van der Waals surface area contributed by atoms with Gasteiger partial charge in [0.05, 0.1) is 30.6 Å². The molecule has 4 aromatic heterocycles. The van der Waals surface area contributed by atoms with E-state index in [4.69, 9.17) is 14.8 Å². The Morgan fingerprint density at radius 1 is 1.26 bits per heavy atom. The van der Waals surface area contributed by atoms with Crippen molar-refractivity contribution in [3.63, 3.8) is 0 Å². The van der Waals surface area contributed by atoms with Crippen molar-refractivity contribution in [2.45, 2.75) is 37.5 Å². The Hall–Kier alpha value is -3.57. The molecule has 4 aromatic rings. The van der Waals surface area contributed by atoms with E-state index in [0.29, 0.717) is 42.2 Å². The molecule has 2 aliphatic rings. The monoisotopic (exact) mass is 481 g/mol. The number of carbonyl (C=O) groups excluding carboxylic acids is 1. The van der Waals surface area contributed by atoms with E-state index >= 15 is 0 Å². The molecule has 184 valence electrons. The number of aliphatic hydroxyl groups is 1. The molecule has 10 nitrogen and oxygen atoms in total. The number of nitrogens with zero attached hydrogens (tertiary/aromatic N) is 5. The summed E-state index contributed by atoms with van der Waals surface area (Å²) in [7, 11) is 2.79. The van der Waals surface area contributed by atoms with Crippen LogP contribution in [0.1, 0.15) is 35.7 Å². The number of carbonyl (C=O) groups is 1. The third kappa shape index (κ3) is 4.00. The number of alkyl halides is 1. The van der Waals surface area contributed by atoms with Gasteiger partial charge < -0.3 is 25.0 Å². The van der Waals surface area contributed by atoms with Gasteiger partial charge in [0.2, 0.25) is 0 Å². The summed E-state index contributed by atoms with van der Waals surface area (Å²) < 4.78 is 23.0. The highest BCUT2D eigenvalue weighted by Crippen LogP contribution is 2.34. The lowest BCUT2D eigenvalue weighted by Crippen LogP contribution is -2.48. The zero-order chi connectivity index (χ0) is 24.5. The molecule has 11 heteroatoms. The van der Waals surface area contributed by atoms with Crippen molar-refractivity contribution in [2.75, 3.05) is 32.7 Å². The van der Waals surface area contributed by atoms with Crippen LogP contribution in [0.3, 0.4) is 0 Å². The Labute approximate surface area is 201 Å². The second-order valence-corrected chi connectivity index (χ2v) is 8.59. The summed E-state index contributed by atoms with van der Waals surface area (Å²) >= 11 is 0. The van der Waals surface area contributed by atoms with Gasteiger partial charge in [0.25, 0.3) is 5.91 Å². The van der Waals surface area contributed by atoms with Crippen LogP contribution in [0.25, 0.3) is 27.9 Å². The molecule has 3 atom stereocenters. The zero-order valence-electron chi connectivity index (χ0n) is 19.6. The average Bonchev–Trinajstić information content (AvgIpc) is 3.65. The standard InChI is InChI=1S/C23H24FN7O2.CH4O/c1-25-20-9-19(16-11-30(13-6-8-33-12-13)21-14(16)3-2-7-26-21)28-22-15(10-27-31(20)22)23(32)29-18-5-4-17(18)24;1-2/h2-3,7,9-11,13,17-18,25H,4-6,8,12H2,1H3,(H,29,32);2H,1H3. The molecule has 6 rings (SSSR count). The molecule has 1 aliphatic carbocycles. The van der Waals surface area contributed by atoms with Gasteiger partial charge in [-0.15, -0.1) is 0 Å². The van der Waals surface area contributed by atoms with Gasteiger partial charge >= 0.3 is 0 Å². The number of anilines is 1. The highest BCUT2D eigenvalue weighted by molar-refractivity contribution is 6.01. The maximum atomic E-state index is 13.7. The van der Waals surface area contributed by atoms with Crippen molar-refractivity contribution in [3.8, 4) is 11.3 Å². The fraction of sp³-hybridized carbons (Fsp3) is 0.417. The van der Waals surface area contributed by atoms with Crippen LogP contribution in [0.4, 0.5) is 10.2 Å². The van der Waals surface area contributed by atoms with Crippen molar-refractivity contribution < 1.29 is 19.0 Å². The quantitative estimate of drug-likeness (QED) is 0.401. The van der Waals surface area contributed by atoms with Crippen molar-refractivity contribution >= 4 is 28.4 Å². The number of halogens is 1. The summed E-state index contributed by atoms with van der Waals surface area (Å²) in [5.74, 6) is 0.325. The van der Waals surface area contributed by atoms with E-state index in [1.165, 1.54) is 6.20 Å². The second-order valence-electron chi connectivity index (χ2n) is 8.59. The van der Waals surface area contributed by atoms with E-state index in [1.54, 1.807) is 17.8 Å². The average molecular weight is 482 g/mol. The number of aromatic nitrogens is 5. The molecule has 2 fully saturated rings. The van der Waals surface area contributed by atoms with Gasteiger partial charge in [-0.25, -0.2) is 14.4 Å². The first-order valence-corrected chi connectivity index (χ1v) is 11.6. The maximum absolute atomic E-state index is 13.7. The predicted octanol–water partition coefficient (Wildman–Crippen LogP) is 2.59. The normalized spacial score (nSPS) is 21.4. The first kappa shape index (κ1) is 23.2. The lowest BCUT2D eigenvalue weighted by Gasteiger charge is -2.30. The smallest absolute Gasteiger partial charge is 0.257 e. The van der Waals surface area contributed by atoms with Gasteiger partial charge in [-0.1, -0.05) is 0 Å². The SMILES string of the molecule is CNc1cc(-c2cn(C3CCOC3)c3ncccc23)nc2c(C(=O)NC3CCC3F)cnn12.CO. The van der Waals surface area contributed by atoms with Crippen LogP contribution in [0.5, 0.6) is 0 Å². The molecule has 3 N–H and O–H groups in total. The predicted molar refractivity (Wildman–Crippen MR) is 129 cm³/mol. The molecule has 5 heterocycles. The van der Waals surface area contributed by atoms with Crippen LogP contribution < -0.4 is 10.6 Å².